The van der Waals surface area contributed by atoms with Gasteiger partial charge in [-0.05, 0) is 31.7 Å². The van der Waals surface area contributed by atoms with Crippen molar-refractivity contribution in [1.29, 1.82) is 0 Å². The minimum atomic E-state index is -1.04. The third-order valence-corrected chi connectivity index (χ3v) is 3.93. The minimum Gasteiger partial charge on any atom is -0.478 e. The van der Waals surface area contributed by atoms with Crippen LogP contribution in [0.1, 0.15) is 18.1 Å². The van der Waals surface area contributed by atoms with E-state index in [1.807, 2.05) is 0 Å². The average Bonchev–Trinajstić information content (AvgIpc) is 2.43. The Bertz CT molecular complexity index is 545. The van der Waals surface area contributed by atoms with E-state index in [0.29, 0.717) is 23.7 Å². The Labute approximate surface area is 124 Å². The monoisotopic (exact) mass is 292 g/mol. The van der Waals surface area contributed by atoms with Gasteiger partial charge in [0.15, 0.2) is 0 Å². The fourth-order valence-corrected chi connectivity index (χ4v) is 2.47. The molecule has 0 spiro atoms. The van der Waals surface area contributed by atoms with Crippen LogP contribution in [0.25, 0.3) is 6.08 Å². The summed E-state index contributed by atoms with van der Waals surface area (Å²) in [6.45, 7) is 5.61. The Morgan fingerprint density at radius 3 is 2.86 bits per heavy atom. The lowest BCUT2D eigenvalue weighted by Crippen LogP contribution is -2.49. The second kappa shape index (κ2) is 6.83. The summed E-state index contributed by atoms with van der Waals surface area (Å²) in [7, 11) is 2.10. The van der Waals surface area contributed by atoms with Gasteiger partial charge < -0.3 is 10.0 Å². The number of aliphatic carboxylic acids is 1. The Hall–Kier alpha value is -1.72. The number of carbonyl (C=O) groups is 1. The SMILES string of the molecule is CC1CN(Cc2ccc(C=CC(=O)O)cc2F)CCN1C. The van der Waals surface area contributed by atoms with Crippen molar-refractivity contribution in [2.24, 2.45) is 0 Å². The van der Waals surface area contributed by atoms with Gasteiger partial charge >= 0.3 is 5.97 Å². The van der Waals surface area contributed by atoms with E-state index < -0.39 is 5.97 Å². The molecular weight excluding hydrogens is 271 g/mol. The van der Waals surface area contributed by atoms with Crippen LogP contribution in [-0.2, 0) is 11.3 Å². The molecule has 2 rings (SSSR count). The van der Waals surface area contributed by atoms with E-state index in [1.165, 1.54) is 12.1 Å². The van der Waals surface area contributed by atoms with E-state index in [-0.39, 0.29) is 5.82 Å². The number of benzene rings is 1. The number of nitrogens with zero attached hydrogens (tertiary/aromatic N) is 2. The van der Waals surface area contributed by atoms with Crippen molar-refractivity contribution >= 4 is 12.0 Å². The van der Waals surface area contributed by atoms with E-state index in [9.17, 15) is 9.18 Å². The molecule has 0 amide bonds. The van der Waals surface area contributed by atoms with E-state index in [0.717, 1.165) is 25.7 Å². The van der Waals surface area contributed by atoms with Gasteiger partial charge in [-0.2, -0.15) is 0 Å². The highest BCUT2D eigenvalue weighted by atomic mass is 19.1. The fourth-order valence-electron chi connectivity index (χ4n) is 2.47. The van der Waals surface area contributed by atoms with Crippen LogP contribution >= 0.6 is 0 Å². The van der Waals surface area contributed by atoms with Gasteiger partial charge in [-0.1, -0.05) is 12.1 Å². The first kappa shape index (κ1) is 15.7. The number of hydrogen-bond donors (Lipinski definition) is 1. The van der Waals surface area contributed by atoms with E-state index in [2.05, 4.69) is 23.8 Å². The average molecular weight is 292 g/mol. The molecule has 1 aliphatic rings. The Balaban J connectivity index is 2.02. The van der Waals surface area contributed by atoms with Crippen molar-refractivity contribution in [2.75, 3.05) is 26.7 Å². The second-order valence-electron chi connectivity index (χ2n) is 5.59. The molecule has 0 radical (unpaired) electrons. The quantitative estimate of drug-likeness (QED) is 0.863. The highest BCUT2D eigenvalue weighted by Crippen LogP contribution is 2.16. The minimum absolute atomic E-state index is 0.283. The lowest BCUT2D eigenvalue weighted by Gasteiger charge is -2.37. The van der Waals surface area contributed by atoms with Gasteiger partial charge in [-0.3, -0.25) is 4.90 Å². The molecule has 1 saturated heterocycles. The summed E-state index contributed by atoms with van der Waals surface area (Å²) in [5, 5.41) is 8.57. The van der Waals surface area contributed by atoms with Crippen LogP contribution in [0.2, 0.25) is 0 Å². The van der Waals surface area contributed by atoms with Crippen molar-refractivity contribution in [3.05, 3.63) is 41.2 Å². The fraction of sp³-hybridized carbons (Fsp3) is 0.438. The first-order valence-corrected chi connectivity index (χ1v) is 7.07. The zero-order valence-corrected chi connectivity index (χ0v) is 12.4. The molecule has 0 aromatic heterocycles. The number of halogens is 1. The molecule has 1 atom stereocenters. The van der Waals surface area contributed by atoms with Crippen LogP contribution in [0, 0.1) is 5.82 Å². The first-order chi connectivity index (χ1) is 9.95. The van der Waals surface area contributed by atoms with Gasteiger partial charge in [0.25, 0.3) is 0 Å². The molecule has 0 bridgehead atoms. The molecule has 1 aromatic rings. The van der Waals surface area contributed by atoms with Crippen LogP contribution in [0.15, 0.2) is 24.3 Å². The lowest BCUT2D eigenvalue weighted by molar-refractivity contribution is -0.131. The van der Waals surface area contributed by atoms with Gasteiger partial charge in [-0.15, -0.1) is 0 Å². The zero-order chi connectivity index (χ0) is 15.4. The van der Waals surface area contributed by atoms with Gasteiger partial charge in [0.2, 0.25) is 0 Å². The van der Waals surface area contributed by atoms with Crippen molar-refractivity contribution in [3.63, 3.8) is 0 Å². The Morgan fingerprint density at radius 1 is 1.48 bits per heavy atom. The summed E-state index contributed by atoms with van der Waals surface area (Å²) in [5.41, 5.74) is 1.21. The lowest BCUT2D eigenvalue weighted by atomic mass is 10.1. The second-order valence-corrected chi connectivity index (χ2v) is 5.59. The molecule has 5 heteroatoms. The maximum absolute atomic E-state index is 14.1. The van der Waals surface area contributed by atoms with Gasteiger partial charge in [0.05, 0.1) is 0 Å². The summed E-state index contributed by atoms with van der Waals surface area (Å²) >= 11 is 0. The van der Waals surface area contributed by atoms with E-state index in [1.54, 1.807) is 12.1 Å². The third-order valence-electron chi connectivity index (χ3n) is 3.93. The maximum Gasteiger partial charge on any atom is 0.328 e. The topological polar surface area (TPSA) is 43.8 Å². The number of carboxylic acid groups (broad SMARTS) is 1. The molecule has 1 unspecified atom stereocenters. The summed E-state index contributed by atoms with van der Waals surface area (Å²) in [6.07, 6.45) is 2.41. The predicted octanol–water partition coefficient (Wildman–Crippen LogP) is 2.06. The standard InChI is InChI=1S/C16H21FN2O2/c1-12-10-19(8-7-18(12)2)11-14-5-3-13(9-15(14)17)4-6-16(20)21/h3-6,9,12H,7-8,10-11H2,1-2H3,(H,20,21). The molecule has 1 N–H and O–H groups in total. The van der Waals surface area contributed by atoms with Crippen LogP contribution in [-0.4, -0.2) is 53.6 Å². The normalized spacial score (nSPS) is 21.0. The van der Waals surface area contributed by atoms with Gasteiger partial charge in [-0.25, -0.2) is 9.18 Å². The van der Waals surface area contributed by atoms with E-state index in [4.69, 9.17) is 5.11 Å². The number of likely N-dealkylation sites (N-methyl/N-ethyl adjacent to an activating group) is 1. The van der Waals surface area contributed by atoms with Crippen molar-refractivity contribution in [1.82, 2.24) is 9.80 Å². The Morgan fingerprint density at radius 2 is 2.24 bits per heavy atom. The molecule has 0 aliphatic carbocycles. The number of piperazine rings is 1. The van der Waals surface area contributed by atoms with E-state index >= 15 is 0 Å². The highest BCUT2D eigenvalue weighted by molar-refractivity contribution is 5.85. The third kappa shape index (κ3) is 4.37. The molecule has 4 nitrogen and oxygen atoms in total. The predicted molar refractivity (Wildman–Crippen MR) is 80.4 cm³/mol. The summed E-state index contributed by atoms with van der Waals surface area (Å²) in [6, 6.07) is 5.34. The number of rotatable bonds is 4. The molecular formula is C16H21FN2O2. The molecule has 1 aromatic carbocycles. The molecule has 114 valence electrons. The smallest absolute Gasteiger partial charge is 0.328 e. The van der Waals surface area contributed by atoms with Gasteiger partial charge in [0.1, 0.15) is 5.82 Å². The zero-order valence-electron chi connectivity index (χ0n) is 12.4. The molecule has 0 saturated carbocycles. The van der Waals surface area contributed by atoms with Crippen molar-refractivity contribution in [3.8, 4) is 0 Å². The van der Waals surface area contributed by atoms with Crippen molar-refractivity contribution < 1.29 is 14.3 Å². The summed E-state index contributed by atoms with van der Waals surface area (Å²) < 4.78 is 14.1. The Kier molecular flexibility index (Phi) is 5.09. The number of hydrogen-bond acceptors (Lipinski definition) is 3. The maximum atomic E-state index is 14.1. The molecule has 21 heavy (non-hydrogen) atoms. The molecule has 1 aliphatic heterocycles. The molecule has 1 heterocycles. The van der Waals surface area contributed by atoms with Crippen LogP contribution in [0.4, 0.5) is 4.39 Å². The molecule has 1 fully saturated rings. The van der Waals surface area contributed by atoms with Gasteiger partial charge in [0, 0.05) is 43.9 Å². The van der Waals surface area contributed by atoms with Crippen LogP contribution in [0.5, 0.6) is 0 Å². The highest BCUT2D eigenvalue weighted by Gasteiger charge is 2.21. The van der Waals surface area contributed by atoms with Crippen LogP contribution < -0.4 is 0 Å². The largest absolute Gasteiger partial charge is 0.478 e. The summed E-state index contributed by atoms with van der Waals surface area (Å²) in [5.74, 6) is -1.32. The van der Waals surface area contributed by atoms with Crippen molar-refractivity contribution in [2.45, 2.75) is 19.5 Å². The van der Waals surface area contributed by atoms with Crippen LogP contribution in [0.3, 0.4) is 0 Å². The first-order valence-electron chi connectivity index (χ1n) is 7.07. The summed E-state index contributed by atoms with van der Waals surface area (Å²) in [4.78, 5) is 15.0. The number of carboxylic acids is 1.